The molecule has 0 aliphatic rings. The van der Waals surface area contributed by atoms with Crippen LogP contribution in [0.15, 0.2) is 24.4 Å². The molecule has 0 amide bonds. The number of halogens is 2. The van der Waals surface area contributed by atoms with Crippen LogP contribution in [0.4, 0.5) is 5.95 Å². The van der Waals surface area contributed by atoms with E-state index < -0.39 is 0 Å². The second kappa shape index (κ2) is 4.56. The first-order valence-corrected chi connectivity index (χ1v) is 5.98. The van der Waals surface area contributed by atoms with Crippen LogP contribution in [-0.4, -0.2) is 20.2 Å². The Labute approximate surface area is 117 Å². The summed E-state index contributed by atoms with van der Waals surface area (Å²) < 4.78 is 5.63. The van der Waals surface area contributed by atoms with E-state index in [1.807, 2.05) is 0 Å². The van der Waals surface area contributed by atoms with E-state index in [2.05, 4.69) is 20.2 Å². The summed E-state index contributed by atoms with van der Waals surface area (Å²) in [6.45, 7) is 0. The molecule has 0 radical (unpaired) electrons. The van der Waals surface area contributed by atoms with Crippen LogP contribution in [0.25, 0.3) is 11.0 Å². The van der Waals surface area contributed by atoms with Gasteiger partial charge in [0.15, 0.2) is 5.65 Å². The number of nitrogen functional groups attached to an aromatic ring is 1. The third-order valence-corrected chi connectivity index (χ3v) is 2.78. The SMILES string of the molecule is Nc1nc(Oc2cc(Cl)cc(Cl)c2)c2cn[nH]c2n1. The molecule has 3 rings (SSSR count). The Balaban J connectivity index is 2.07. The number of benzene rings is 1. The predicted octanol–water partition coefficient (Wildman–Crippen LogP) is 3.03. The molecule has 8 heteroatoms. The van der Waals surface area contributed by atoms with Crippen LogP contribution in [0, 0.1) is 0 Å². The highest BCUT2D eigenvalue weighted by Crippen LogP contribution is 2.30. The van der Waals surface area contributed by atoms with E-state index in [1.165, 1.54) is 0 Å². The lowest BCUT2D eigenvalue weighted by Gasteiger charge is -2.07. The second-order valence-electron chi connectivity index (χ2n) is 3.73. The monoisotopic (exact) mass is 295 g/mol. The Morgan fingerprint density at radius 1 is 1.11 bits per heavy atom. The fourth-order valence-electron chi connectivity index (χ4n) is 1.60. The van der Waals surface area contributed by atoms with Crippen LogP contribution in [0.2, 0.25) is 10.0 Å². The largest absolute Gasteiger partial charge is 0.438 e. The maximum absolute atomic E-state index is 5.90. The summed E-state index contributed by atoms with van der Waals surface area (Å²) >= 11 is 11.8. The number of fused-ring (bicyclic) bond motifs is 1. The van der Waals surface area contributed by atoms with E-state index >= 15 is 0 Å². The molecule has 19 heavy (non-hydrogen) atoms. The summed E-state index contributed by atoms with van der Waals surface area (Å²) in [5.41, 5.74) is 6.09. The van der Waals surface area contributed by atoms with Crippen molar-refractivity contribution in [3.63, 3.8) is 0 Å². The fourth-order valence-corrected chi connectivity index (χ4v) is 2.11. The molecule has 0 atom stereocenters. The van der Waals surface area contributed by atoms with Gasteiger partial charge in [-0.3, -0.25) is 5.10 Å². The van der Waals surface area contributed by atoms with E-state index in [9.17, 15) is 0 Å². The molecule has 0 saturated carbocycles. The zero-order valence-electron chi connectivity index (χ0n) is 9.39. The lowest BCUT2D eigenvalue weighted by atomic mass is 10.3. The number of anilines is 1. The molecule has 3 aromatic rings. The van der Waals surface area contributed by atoms with Gasteiger partial charge in [0, 0.05) is 10.0 Å². The van der Waals surface area contributed by atoms with Crippen molar-refractivity contribution in [1.29, 1.82) is 0 Å². The van der Waals surface area contributed by atoms with Crippen molar-refractivity contribution < 1.29 is 4.74 Å². The molecule has 0 unspecified atom stereocenters. The van der Waals surface area contributed by atoms with E-state index in [-0.39, 0.29) is 11.8 Å². The van der Waals surface area contributed by atoms with Gasteiger partial charge < -0.3 is 10.5 Å². The van der Waals surface area contributed by atoms with Gasteiger partial charge in [0.25, 0.3) is 0 Å². The average Bonchev–Trinajstić information content (AvgIpc) is 2.75. The molecule has 1 aromatic carbocycles. The van der Waals surface area contributed by atoms with Crippen molar-refractivity contribution >= 4 is 40.2 Å². The van der Waals surface area contributed by atoms with Gasteiger partial charge in [0.05, 0.1) is 6.20 Å². The number of ether oxygens (including phenoxy) is 1. The van der Waals surface area contributed by atoms with E-state index in [4.69, 9.17) is 33.7 Å². The molecule has 3 N–H and O–H groups in total. The molecule has 0 fully saturated rings. The third kappa shape index (κ3) is 2.40. The zero-order chi connectivity index (χ0) is 13.4. The molecule has 0 spiro atoms. The molecule has 0 aliphatic carbocycles. The first kappa shape index (κ1) is 12.0. The average molecular weight is 296 g/mol. The third-order valence-electron chi connectivity index (χ3n) is 2.34. The number of hydrogen-bond acceptors (Lipinski definition) is 5. The predicted molar refractivity (Wildman–Crippen MR) is 72.6 cm³/mol. The quantitative estimate of drug-likeness (QED) is 0.758. The van der Waals surface area contributed by atoms with Crippen molar-refractivity contribution in [1.82, 2.24) is 20.2 Å². The van der Waals surface area contributed by atoms with Crippen LogP contribution in [0.1, 0.15) is 0 Å². The smallest absolute Gasteiger partial charge is 0.235 e. The minimum atomic E-state index is 0.0832. The Bertz CT molecular complexity index is 738. The summed E-state index contributed by atoms with van der Waals surface area (Å²) in [7, 11) is 0. The Morgan fingerprint density at radius 2 is 1.84 bits per heavy atom. The van der Waals surface area contributed by atoms with Crippen LogP contribution in [0.5, 0.6) is 11.6 Å². The standard InChI is InChI=1S/C11H7Cl2N5O/c12-5-1-6(13)3-7(2-5)19-10-8-4-15-18-9(8)16-11(14)17-10/h1-4H,(H3,14,15,16,17,18). The number of aromatic amines is 1. The summed E-state index contributed by atoms with van der Waals surface area (Å²) in [6.07, 6.45) is 1.55. The number of rotatable bonds is 2. The number of H-pyrrole nitrogens is 1. The molecule has 0 bridgehead atoms. The summed E-state index contributed by atoms with van der Waals surface area (Å²) in [4.78, 5) is 8.02. The molecule has 2 aromatic heterocycles. The van der Waals surface area contributed by atoms with Crippen LogP contribution >= 0.6 is 23.2 Å². The van der Waals surface area contributed by atoms with E-state index in [0.29, 0.717) is 26.8 Å². The van der Waals surface area contributed by atoms with Crippen LogP contribution in [0.3, 0.4) is 0 Å². The van der Waals surface area contributed by atoms with Crippen molar-refractivity contribution in [3.05, 3.63) is 34.4 Å². The minimum Gasteiger partial charge on any atom is -0.438 e. The van der Waals surface area contributed by atoms with Crippen LogP contribution in [-0.2, 0) is 0 Å². The highest BCUT2D eigenvalue weighted by molar-refractivity contribution is 6.34. The number of nitrogens with zero attached hydrogens (tertiary/aromatic N) is 3. The van der Waals surface area contributed by atoms with Gasteiger partial charge in [-0.25, -0.2) is 0 Å². The van der Waals surface area contributed by atoms with E-state index in [1.54, 1.807) is 24.4 Å². The first-order chi connectivity index (χ1) is 9.11. The molecule has 96 valence electrons. The molecular weight excluding hydrogens is 289 g/mol. The summed E-state index contributed by atoms with van der Waals surface area (Å²) in [5.74, 6) is 0.826. The van der Waals surface area contributed by atoms with Crippen molar-refractivity contribution in [3.8, 4) is 11.6 Å². The first-order valence-electron chi connectivity index (χ1n) is 5.22. The van der Waals surface area contributed by atoms with Crippen molar-refractivity contribution in [2.24, 2.45) is 0 Å². The lowest BCUT2D eigenvalue weighted by molar-refractivity contribution is 0.469. The Kier molecular flexibility index (Phi) is 2.88. The van der Waals surface area contributed by atoms with Gasteiger partial charge in [-0.2, -0.15) is 15.1 Å². The lowest BCUT2D eigenvalue weighted by Crippen LogP contribution is -1.98. The Morgan fingerprint density at radius 3 is 2.58 bits per heavy atom. The topological polar surface area (TPSA) is 89.7 Å². The maximum atomic E-state index is 5.90. The number of nitrogens with two attached hydrogens (primary N) is 1. The molecule has 6 nitrogen and oxygen atoms in total. The van der Waals surface area contributed by atoms with Gasteiger partial charge in [0.2, 0.25) is 11.8 Å². The van der Waals surface area contributed by atoms with Gasteiger partial charge in [-0.1, -0.05) is 23.2 Å². The highest BCUT2D eigenvalue weighted by atomic mass is 35.5. The summed E-state index contributed by atoms with van der Waals surface area (Å²) in [5, 5.41) is 8.11. The van der Waals surface area contributed by atoms with Gasteiger partial charge in [0.1, 0.15) is 11.1 Å². The normalized spacial score (nSPS) is 10.8. The van der Waals surface area contributed by atoms with Gasteiger partial charge >= 0.3 is 0 Å². The van der Waals surface area contributed by atoms with Crippen molar-refractivity contribution in [2.75, 3.05) is 5.73 Å². The molecule has 2 heterocycles. The van der Waals surface area contributed by atoms with Gasteiger partial charge in [-0.05, 0) is 18.2 Å². The number of aromatic nitrogens is 4. The Hall–Kier alpha value is -2.05. The summed E-state index contributed by atoms with van der Waals surface area (Å²) in [6, 6.07) is 4.85. The maximum Gasteiger partial charge on any atom is 0.235 e. The molecule has 0 aliphatic heterocycles. The zero-order valence-corrected chi connectivity index (χ0v) is 10.9. The number of hydrogen-bond donors (Lipinski definition) is 2. The number of nitrogens with one attached hydrogen (secondary N) is 1. The van der Waals surface area contributed by atoms with E-state index in [0.717, 1.165) is 0 Å². The second-order valence-corrected chi connectivity index (χ2v) is 4.60. The van der Waals surface area contributed by atoms with Crippen molar-refractivity contribution in [2.45, 2.75) is 0 Å². The fraction of sp³-hybridized carbons (Fsp3) is 0. The molecule has 0 saturated heterocycles. The van der Waals surface area contributed by atoms with Crippen LogP contribution < -0.4 is 10.5 Å². The highest BCUT2D eigenvalue weighted by Gasteiger charge is 2.11. The molecular formula is C11H7Cl2N5O. The minimum absolute atomic E-state index is 0.0832. The van der Waals surface area contributed by atoms with Gasteiger partial charge in [-0.15, -0.1) is 0 Å².